The van der Waals surface area contributed by atoms with Crippen LogP contribution >= 0.6 is 0 Å². The second-order valence-corrected chi connectivity index (χ2v) is 33.9. The number of rotatable bonds is 32. The number of nitrogens with two attached hydrogens (primary N) is 3. The van der Waals surface area contributed by atoms with E-state index in [-0.39, 0.29) is 46.1 Å². The number of aromatic nitrogens is 26. The van der Waals surface area contributed by atoms with Gasteiger partial charge in [0.15, 0.2) is 45.5 Å². The Balaban J connectivity index is 0.000000137. The molecule has 41 heteroatoms. The zero-order chi connectivity index (χ0) is 97.9. The summed E-state index contributed by atoms with van der Waals surface area (Å²) in [6, 6.07) is 43.1. The number of nitrogens with one attached hydrogen (secondary N) is 9. The van der Waals surface area contributed by atoms with Crippen LogP contribution in [0.4, 0.5) is 35.4 Å². The number of unbranched alkanes of at least 4 members (excludes halogenated alkanes) is 2. The molecule has 0 saturated carbocycles. The van der Waals surface area contributed by atoms with E-state index in [0.29, 0.717) is 167 Å². The van der Waals surface area contributed by atoms with Gasteiger partial charge in [-0.1, -0.05) is 205 Å². The number of amides is 1. The number of anilines is 5. The Labute approximate surface area is 800 Å². The lowest BCUT2D eigenvalue weighted by Crippen LogP contribution is -2.20. The van der Waals surface area contributed by atoms with Gasteiger partial charge < -0.3 is 85.6 Å². The summed E-state index contributed by atoms with van der Waals surface area (Å²) in [6.07, 6.45) is 25.6. The summed E-state index contributed by atoms with van der Waals surface area (Å²) in [7, 11) is 0. The van der Waals surface area contributed by atoms with Gasteiger partial charge in [-0.2, -0.15) is 49.8 Å². The zero-order valence-corrected chi connectivity index (χ0v) is 79.5. The molecule has 41 nitrogen and oxygen atoms in total. The van der Waals surface area contributed by atoms with Crippen molar-refractivity contribution in [3.8, 4) is 40.9 Å². The highest BCUT2D eigenvalue weighted by Crippen LogP contribution is 2.31. The number of para-hydroxylation sites is 1. The van der Waals surface area contributed by atoms with Crippen molar-refractivity contribution >= 4 is 115 Å². The first-order valence-electron chi connectivity index (χ1n) is 45.7. The van der Waals surface area contributed by atoms with Crippen LogP contribution in [0.2, 0.25) is 0 Å². The van der Waals surface area contributed by atoms with Crippen LogP contribution in [0.1, 0.15) is 164 Å². The molecule has 0 spiro atoms. The molecule has 0 fully saturated rings. The number of nitrogen functional groups attached to an aromatic ring is 3. The van der Waals surface area contributed by atoms with Crippen molar-refractivity contribution in [2.75, 3.05) is 67.5 Å². The summed E-state index contributed by atoms with van der Waals surface area (Å²) in [5.41, 5.74) is 31.4. The Morgan fingerprint density at radius 2 is 0.906 bits per heavy atom. The molecule has 1 aliphatic heterocycles. The summed E-state index contributed by atoms with van der Waals surface area (Å²) in [5.74, 6) is 6.49. The second kappa shape index (κ2) is 49.6. The van der Waals surface area contributed by atoms with E-state index in [1.807, 2.05) is 103 Å². The molecular weight excluding hydrogens is 1770 g/mol. The molecule has 5 aromatic carbocycles. The molecule has 0 saturated heterocycles. The van der Waals surface area contributed by atoms with E-state index in [1.54, 1.807) is 50.0 Å². The Hall–Kier alpha value is -16.6. The average molecular weight is 1890 g/mol. The minimum Gasteiger partial charge on any atom is -0.490 e. The number of fused-ring (bicyclic) bond motifs is 7. The van der Waals surface area contributed by atoms with E-state index in [2.05, 4.69) is 240 Å². The van der Waals surface area contributed by atoms with Crippen molar-refractivity contribution in [1.29, 1.82) is 0 Å². The Morgan fingerprint density at radius 3 is 1.45 bits per heavy atom. The fraction of sp³-hybridized carbons (Fsp3) is 0.327. The first-order valence-corrected chi connectivity index (χ1v) is 45.7. The predicted octanol–water partition coefficient (Wildman–Crippen LogP) is 16.7. The largest absolute Gasteiger partial charge is 0.490 e. The van der Waals surface area contributed by atoms with Crippen molar-refractivity contribution in [3.05, 3.63) is 240 Å². The van der Waals surface area contributed by atoms with Crippen molar-refractivity contribution in [3.63, 3.8) is 0 Å². The topological polar surface area (TPSA) is 569 Å². The number of carbonyl (C=O) groups excluding carboxylic acids is 1. The number of hydrogen-bond acceptors (Lipinski definition) is 33. The van der Waals surface area contributed by atoms with Gasteiger partial charge >= 0.3 is 0 Å². The number of aryl methyl sites for hydroxylation is 1. The molecule has 0 radical (unpaired) electrons. The standard InChI is InChI=1S/C17H18N4O2.C15H25N5O2.C15H16N4O.C13H13N5O2.C13H12N4O.C13H20N4O.C12H12N6/c1-17(2,3)11-6-4-10(5-7-11)14(22)20-16-19-13-12(8-9-18-13)15(23)21-16;1-3-5-6-11(4-2)9-21-7-8-22-14-12-13(18-10-17-12)19-15(16)20-14;1-15(2,3)10-4-6-11(7-5-10)20-14-12-13(17-8-16-12)18-9-19-14;14-13-17-11-10(15-8-16-11)12(18-13)20-7-6-19-9-4-2-1-3-5-9;1-9-4-2-3-5-10(9)6-18-13-11-12(15-7-14-11)16-8-17-13;1-3-5-6-10(4-2)7-18-13-11-12(15-8-14-11)16-9-17-13;13-12-17-10(9-11(18-12)16-7-15-9)14-6-8-4-2-1-3-5-8/h4-7,9H,8H2,1-3H3,(H2,19,20,21,22,23);10-11H,3-9H2,1-2H3,(H3,16,17,18,19,20);4-9H,1-3H3,(H,16,17,18,19);1-5,8H,6-7H2,(H3,14,15,16,17,18);2-5,7-8H,6H2,1H3,(H,14,15,16,17);8-10H,3-7H2,1-2H3,(H,14,15,16,17);1-5,7H,6H2,(H4,13,14,15,16,17,18). The highest BCUT2D eigenvalue weighted by Gasteiger charge is 2.22. The average Bonchev–Trinajstić information content (AvgIpc) is 1.75. The third kappa shape index (κ3) is 29.0. The normalized spacial score (nSPS) is 11.8. The molecule has 2 unspecified atom stereocenters. The summed E-state index contributed by atoms with van der Waals surface area (Å²) >= 11 is 0. The monoisotopic (exact) mass is 1880 g/mol. The lowest BCUT2D eigenvalue weighted by atomic mass is 9.87. The number of H-pyrrole nitrogens is 7. The summed E-state index contributed by atoms with van der Waals surface area (Å²) in [5, 5.41) is 5.84. The molecule has 18 aromatic rings. The van der Waals surface area contributed by atoms with Crippen molar-refractivity contribution in [2.45, 2.75) is 158 Å². The van der Waals surface area contributed by atoms with Crippen LogP contribution in [0.5, 0.6) is 40.9 Å². The maximum Gasteiger partial charge on any atom is 0.258 e. The van der Waals surface area contributed by atoms with Gasteiger partial charge in [-0.25, -0.2) is 49.8 Å². The Morgan fingerprint density at radius 1 is 0.446 bits per heavy atom. The van der Waals surface area contributed by atoms with Crippen LogP contribution in [0.15, 0.2) is 200 Å². The fourth-order valence-electron chi connectivity index (χ4n) is 13.8. The molecule has 19 rings (SSSR count). The number of hydrogen-bond donors (Lipinski definition) is 12. The molecule has 0 bridgehead atoms. The van der Waals surface area contributed by atoms with Crippen LogP contribution in [-0.4, -0.2) is 181 Å². The molecule has 15 N–H and O–H groups in total. The van der Waals surface area contributed by atoms with E-state index in [9.17, 15) is 9.59 Å². The number of aromatic amines is 7. The van der Waals surface area contributed by atoms with Gasteiger partial charge in [0.05, 0.1) is 56.7 Å². The maximum atomic E-state index is 12.3. The molecule has 722 valence electrons. The lowest BCUT2D eigenvalue weighted by Gasteiger charge is -2.19. The zero-order valence-electron chi connectivity index (χ0n) is 79.5. The van der Waals surface area contributed by atoms with Gasteiger partial charge in [0, 0.05) is 31.4 Å². The van der Waals surface area contributed by atoms with Crippen LogP contribution in [0, 0.1) is 18.8 Å². The first kappa shape index (κ1) is 99.8. The Kier molecular flexibility index (Phi) is 35.6. The van der Waals surface area contributed by atoms with E-state index in [0.717, 1.165) is 58.6 Å². The highest BCUT2D eigenvalue weighted by molar-refractivity contribution is 6.03. The maximum absolute atomic E-state index is 12.3. The van der Waals surface area contributed by atoms with E-state index in [4.69, 9.17) is 50.4 Å². The van der Waals surface area contributed by atoms with Crippen LogP contribution in [-0.2, 0) is 35.1 Å². The van der Waals surface area contributed by atoms with Crippen molar-refractivity contribution in [2.24, 2.45) is 16.8 Å². The number of nitrogens with zero attached hydrogens (tertiary/aromatic N) is 20. The minimum atomic E-state index is -0.324. The van der Waals surface area contributed by atoms with Crippen LogP contribution in [0.25, 0.3) is 67.0 Å². The molecule has 14 heterocycles. The summed E-state index contributed by atoms with van der Waals surface area (Å²) < 4.78 is 39.7. The molecule has 2 atom stereocenters. The van der Waals surface area contributed by atoms with Crippen molar-refractivity contribution in [1.82, 2.24) is 130 Å². The molecule has 0 aliphatic carbocycles. The van der Waals surface area contributed by atoms with Gasteiger partial charge in [0.2, 0.25) is 53.2 Å². The van der Waals surface area contributed by atoms with Gasteiger partial charge in [0.25, 0.3) is 11.5 Å². The van der Waals surface area contributed by atoms with Gasteiger partial charge in [0.1, 0.15) is 90.0 Å². The molecule has 13 aromatic heterocycles. The third-order valence-corrected chi connectivity index (χ3v) is 21.7. The van der Waals surface area contributed by atoms with Gasteiger partial charge in [-0.05, 0) is 107 Å². The summed E-state index contributed by atoms with van der Waals surface area (Å²) in [6.45, 7) is 28.1. The third-order valence-electron chi connectivity index (χ3n) is 21.7. The van der Waals surface area contributed by atoms with Crippen molar-refractivity contribution < 1.29 is 38.0 Å². The van der Waals surface area contributed by atoms with E-state index >= 15 is 0 Å². The smallest absolute Gasteiger partial charge is 0.258 e. The summed E-state index contributed by atoms with van der Waals surface area (Å²) in [4.78, 5) is 126. The first-order chi connectivity index (χ1) is 67.5. The predicted molar refractivity (Wildman–Crippen MR) is 533 cm³/mol. The number of benzene rings is 5. The number of aliphatic imine (C=N–C) groups is 1. The quantitative estimate of drug-likeness (QED) is 0.0174. The number of carbonyl (C=O) groups is 1. The van der Waals surface area contributed by atoms with E-state index in [1.165, 1.54) is 80.5 Å². The van der Waals surface area contributed by atoms with Gasteiger partial charge in [-0.3, -0.25) is 19.9 Å². The Bertz CT molecular complexity index is 6980. The van der Waals surface area contributed by atoms with Crippen LogP contribution < -0.4 is 61.8 Å². The highest BCUT2D eigenvalue weighted by atomic mass is 16.5. The lowest BCUT2D eigenvalue weighted by molar-refractivity contribution is 0.0692. The molecule has 1 aliphatic rings. The molecule has 139 heavy (non-hydrogen) atoms. The van der Waals surface area contributed by atoms with Gasteiger partial charge in [-0.15, -0.1) is 0 Å². The second-order valence-electron chi connectivity index (χ2n) is 33.9. The molecular formula is C98H116N32O9. The number of imidazole rings is 6. The van der Waals surface area contributed by atoms with E-state index < -0.39 is 0 Å². The SMILES string of the molecule is CC(C)(C)c1ccc(C(=O)Nc2nc3c(c(=O)[nH]2)CC=N3)cc1.CC(C)(C)c1ccc(Oc2ncnc3nc[nH]c23)cc1.CCCCC(CC)COCCOc1nc(N)nc2nc[nH]c12.CCCCC(CC)COc1ncnc2nc[nH]c12.Cc1ccccc1COc1ncnc2nc[nH]c12.Nc1nc(NCc2ccccc2)c2[nH]cnc2n1.Nc1nc(OCCOc2ccccc2)c2[nH]cnc2n1. The fourth-order valence-corrected chi connectivity index (χ4v) is 13.8. The van der Waals surface area contributed by atoms with Crippen LogP contribution in [0.3, 0.4) is 0 Å². The minimum absolute atomic E-state index is 0.0276. The molecule has 1 amide bonds. The number of ether oxygens (including phenoxy) is 7.